The van der Waals surface area contributed by atoms with Crippen molar-refractivity contribution in [1.82, 2.24) is 10.2 Å². The quantitative estimate of drug-likeness (QED) is 0.443. The van der Waals surface area contributed by atoms with Gasteiger partial charge in [0.1, 0.15) is 5.25 Å². The van der Waals surface area contributed by atoms with Gasteiger partial charge >= 0.3 is 0 Å². The van der Waals surface area contributed by atoms with E-state index in [1.807, 2.05) is 60.7 Å². The highest BCUT2D eigenvalue weighted by Crippen LogP contribution is 2.32. The molecular weight excluding hydrogens is 418 g/mol. The first kappa shape index (κ1) is 24.1. The SMILES string of the molecule is CCCCCCCN1C(=O)[C@@H](CC(=O)NCCc2ccccc2)SC1=Nc1ccccc1. The van der Waals surface area contributed by atoms with Gasteiger partial charge in [-0.05, 0) is 30.5 Å². The third kappa shape index (κ3) is 7.52. The molecule has 0 spiro atoms. The zero-order chi connectivity index (χ0) is 22.6. The van der Waals surface area contributed by atoms with Crippen LogP contribution in [0.1, 0.15) is 51.0 Å². The molecule has 2 aromatic rings. The van der Waals surface area contributed by atoms with Crippen LogP contribution in [0.4, 0.5) is 5.69 Å². The van der Waals surface area contributed by atoms with Gasteiger partial charge in [-0.15, -0.1) is 0 Å². The van der Waals surface area contributed by atoms with Gasteiger partial charge in [0.15, 0.2) is 5.17 Å². The van der Waals surface area contributed by atoms with Gasteiger partial charge in [0.25, 0.3) is 0 Å². The van der Waals surface area contributed by atoms with E-state index in [4.69, 9.17) is 4.99 Å². The predicted octanol–water partition coefficient (Wildman–Crippen LogP) is 5.34. The maximum Gasteiger partial charge on any atom is 0.242 e. The van der Waals surface area contributed by atoms with Gasteiger partial charge in [-0.25, -0.2) is 4.99 Å². The van der Waals surface area contributed by atoms with Crippen molar-refractivity contribution in [3.8, 4) is 0 Å². The fraction of sp³-hybridized carbons (Fsp3) is 0.423. The Morgan fingerprint density at radius 1 is 1.00 bits per heavy atom. The van der Waals surface area contributed by atoms with Crippen LogP contribution >= 0.6 is 11.8 Å². The van der Waals surface area contributed by atoms with Crippen LogP contribution in [0.25, 0.3) is 0 Å². The Morgan fingerprint density at radius 3 is 2.41 bits per heavy atom. The summed E-state index contributed by atoms with van der Waals surface area (Å²) in [6, 6.07) is 19.8. The molecule has 3 rings (SSSR count). The van der Waals surface area contributed by atoms with Crippen molar-refractivity contribution >= 4 is 34.4 Å². The van der Waals surface area contributed by atoms with E-state index in [0.717, 1.165) is 24.9 Å². The molecule has 1 heterocycles. The second-order valence-electron chi connectivity index (χ2n) is 8.03. The number of nitrogens with zero attached hydrogens (tertiary/aromatic N) is 2. The average Bonchev–Trinajstić information content (AvgIpc) is 3.09. The molecule has 170 valence electrons. The third-order valence-electron chi connectivity index (χ3n) is 5.44. The van der Waals surface area contributed by atoms with Crippen LogP contribution in [-0.2, 0) is 16.0 Å². The molecule has 0 aliphatic carbocycles. The van der Waals surface area contributed by atoms with Gasteiger partial charge in [0.05, 0.1) is 5.69 Å². The number of aliphatic imine (C=N–C) groups is 1. The lowest BCUT2D eigenvalue weighted by Gasteiger charge is -2.16. The van der Waals surface area contributed by atoms with Gasteiger partial charge in [-0.1, -0.05) is 92.9 Å². The molecule has 6 heteroatoms. The zero-order valence-corrected chi connectivity index (χ0v) is 19.7. The van der Waals surface area contributed by atoms with Crippen molar-refractivity contribution in [2.75, 3.05) is 13.1 Å². The van der Waals surface area contributed by atoms with E-state index in [0.29, 0.717) is 18.3 Å². The molecule has 1 fully saturated rings. The maximum atomic E-state index is 13.1. The average molecular weight is 452 g/mol. The molecule has 1 saturated heterocycles. The number of nitrogens with one attached hydrogen (secondary N) is 1. The summed E-state index contributed by atoms with van der Waals surface area (Å²) in [5.74, 6) is -0.0889. The van der Waals surface area contributed by atoms with E-state index in [-0.39, 0.29) is 18.2 Å². The Balaban J connectivity index is 1.57. The Kier molecular flexibility index (Phi) is 9.82. The first-order valence-corrected chi connectivity index (χ1v) is 12.5. The van der Waals surface area contributed by atoms with Crippen molar-refractivity contribution < 1.29 is 9.59 Å². The lowest BCUT2D eigenvalue weighted by atomic mass is 10.1. The first-order valence-electron chi connectivity index (χ1n) is 11.6. The molecule has 32 heavy (non-hydrogen) atoms. The molecule has 0 aromatic heterocycles. The van der Waals surface area contributed by atoms with Crippen LogP contribution in [0.3, 0.4) is 0 Å². The highest BCUT2D eigenvalue weighted by atomic mass is 32.2. The van der Waals surface area contributed by atoms with Crippen LogP contribution in [-0.4, -0.2) is 40.2 Å². The maximum absolute atomic E-state index is 13.1. The number of benzene rings is 2. The largest absolute Gasteiger partial charge is 0.356 e. The van der Waals surface area contributed by atoms with E-state index >= 15 is 0 Å². The van der Waals surface area contributed by atoms with E-state index in [1.165, 1.54) is 36.6 Å². The number of unbranched alkanes of at least 4 members (excludes halogenated alkanes) is 4. The summed E-state index contributed by atoms with van der Waals surface area (Å²) < 4.78 is 0. The molecule has 2 aromatic carbocycles. The molecule has 1 aliphatic heterocycles. The number of hydrogen-bond acceptors (Lipinski definition) is 4. The van der Waals surface area contributed by atoms with Crippen molar-refractivity contribution in [2.24, 2.45) is 4.99 Å². The standard InChI is InChI=1S/C26H33N3O2S/c1-2-3-4-5-12-19-29-25(31)23(32-26(29)28-22-15-10-7-11-16-22)20-24(30)27-18-17-21-13-8-6-9-14-21/h6-11,13-16,23H,2-5,12,17-20H2,1H3,(H,27,30)/t23-/m1/s1. The second-order valence-corrected chi connectivity index (χ2v) is 9.20. The van der Waals surface area contributed by atoms with E-state index in [2.05, 4.69) is 12.2 Å². The number of hydrogen-bond donors (Lipinski definition) is 1. The van der Waals surface area contributed by atoms with Crippen molar-refractivity contribution in [1.29, 1.82) is 0 Å². The Bertz CT molecular complexity index is 886. The number of amidine groups is 1. The molecule has 1 N–H and O–H groups in total. The molecule has 1 atom stereocenters. The summed E-state index contributed by atoms with van der Waals surface area (Å²) >= 11 is 1.41. The number of carbonyl (C=O) groups excluding carboxylic acids is 2. The van der Waals surface area contributed by atoms with Gasteiger partial charge in [-0.2, -0.15) is 0 Å². The van der Waals surface area contributed by atoms with Gasteiger partial charge < -0.3 is 5.32 Å². The lowest BCUT2D eigenvalue weighted by molar-refractivity contribution is -0.129. The molecule has 0 bridgehead atoms. The zero-order valence-electron chi connectivity index (χ0n) is 18.8. The molecule has 0 radical (unpaired) electrons. The predicted molar refractivity (Wildman–Crippen MR) is 133 cm³/mol. The van der Waals surface area contributed by atoms with Crippen molar-refractivity contribution in [3.05, 3.63) is 66.2 Å². The molecule has 0 saturated carbocycles. The number of carbonyl (C=O) groups is 2. The van der Waals surface area contributed by atoms with Crippen LogP contribution in [0.15, 0.2) is 65.7 Å². The summed E-state index contributed by atoms with van der Waals surface area (Å²) in [5.41, 5.74) is 2.01. The van der Waals surface area contributed by atoms with E-state index < -0.39 is 5.25 Å². The molecular formula is C26H33N3O2S. The molecule has 1 aliphatic rings. The van der Waals surface area contributed by atoms with E-state index in [1.54, 1.807) is 4.90 Å². The Labute approximate surface area is 195 Å². The third-order valence-corrected chi connectivity index (χ3v) is 6.61. The summed E-state index contributed by atoms with van der Waals surface area (Å²) in [7, 11) is 0. The first-order chi connectivity index (χ1) is 15.7. The minimum atomic E-state index is -0.412. The summed E-state index contributed by atoms with van der Waals surface area (Å²) in [4.78, 5) is 32.1. The highest BCUT2D eigenvalue weighted by molar-refractivity contribution is 8.15. The number of rotatable bonds is 12. The highest BCUT2D eigenvalue weighted by Gasteiger charge is 2.38. The summed E-state index contributed by atoms with van der Waals surface area (Å²) in [5, 5.41) is 3.26. The molecule has 5 nitrogen and oxygen atoms in total. The number of amides is 2. The number of para-hydroxylation sites is 1. The van der Waals surface area contributed by atoms with Gasteiger partial charge in [-0.3, -0.25) is 14.5 Å². The normalized spacial score (nSPS) is 17.2. The van der Waals surface area contributed by atoms with Crippen LogP contribution in [0.2, 0.25) is 0 Å². The van der Waals surface area contributed by atoms with Crippen molar-refractivity contribution in [3.63, 3.8) is 0 Å². The monoisotopic (exact) mass is 451 g/mol. The van der Waals surface area contributed by atoms with Gasteiger partial charge in [0.2, 0.25) is 11.8 Å². The summed E-state index contributed by atoms with van der Waals surface area (Å²) in [6.45, 7) is 3.43. The Hall–Kier alpha value is -2.60. The number of thioether (sulfide) groups is 1. The minimum Gasteiger partial charge on any atom is -0.356 e. The minimum absolute atomic E-state index is 0.00150. The fourth-order valence-electron chi connectivity index (χ4n) is 3.65. The second kappa shape index (κ2) is 13.1. The Morgan fingerprint density at radius 2 is 1.69 bits per heavy atom. The smallest absolute Gasteiger partial charge is 0.242 e. The fourth-order valence-corrected chi connectivity index (χ4v) is 4.83. The molecule has 2 amide bonds. The van der Waals surface area contributed by atoms with Crippen LogP contribution in [0, 0.1) is 0 Å². The summed E-state index contributed by atoms with van der Waals surface area (Å²) in [6.07, 6.45) is 6.62. The lowest BCUT2D eigenvalue weighted by Crippen LogP contribution is -2.35. The van der Waals surface area contributed by atoms with Crippen LogP contribution in [0.5, 0.6) is 0 Å². The molecule has 0 unspecified atom stereocenters. The topological polar surface area (TPSA) is 61.8 Å². The van der Waals surface area contributed by atoms with E-state index in [9.17, 15) is 9.59 Å². The van der Waals surface area contributed by atoms with Gasteiger partial charge in [0, 0.05) is 19.5 Å². The van der Waals surface area contributed by atoms with Crippen molar-refractivity contribution in [2.45, 2.75) is 57.1 Å². The van der Waals surface area contributed by atoms with Crippen LogP contribution < -0.4 is 5.32 Å².